The normalized spacial score (nSPS) is 12.5. The molecule has 0 saturated carbocycles. The number of hydrogen-bond acceptors (Lipinski definition) is 9. The average molecular weight is 502 g/mol. The van der Waals surface area contributed by atoms with E-state index in [0.29, 0.717) is 0 Å². The number of hydrogen-bond donors (Lipinski definition) is 3. The molecular formula is C26H63N9. The second kappa shape index (κ2) is 24.0. The van der Waals surface area contributed by atoms with Crippen LogP contribution >= 0.6 is 0 Å². The second-order valence-electron chi connectivity index (χ2n) is 10.2. The van der Waals surface area contributed by atoms with Crippen molar-refractivity contribution in [3.8, 4) is 0 Å². The van der Waals surface area contributed by atoms with Crippen LogP contribution in [0.1, 0.15) is 13.3 Å². The first-order valence-electron chi connectivity index (χ1n) is 14.0. The summed E-state index contributed by atoms with van der Waals surface area (Å²) in [5.41, 5.74) is 0. The van der Waals surface area contributed by atoms with E-state index in [-0.39, 0.29) is 0 Å². The molecule has 0 radical (unpaired) electrons. The third-order valence-electron chi connectivity index (χ3n) is 6.63. The molecule has 212 valence electrons. The van der Waals surface area contributed by atoms with Crippen molar-refractivity contribution in [2.24, 2.45) is 0 Å². The monoisotopic (exact) mass is 502 g/mol. The lowest BCUT2D eigenvalue weighted by Crippen LogP contribution is -2.44. The van der Waals surface area contributed by atoms with Crippen LogP contribution in [0.25, 0.3) is 0 Å². The molecule has 0 spiro atoms. The largest absolute Gasteiger partial charge is 0.318 e. The summed E-state index contributed by atoms with van der Waals surface area (Å²) >= 11 is 0. The van der Waals surface area contributed by atoms with Crippen LogP contribution in [0.2, 0.25) is 0 Å². The van der Waals surface area contributed by atoms with Gasteiger partial charge in [0.15, 0.2) is 0 Å². The van der Waals surface area contributed by atoms with E-state index in [1.807, 2.05) is 14.1 Å². The molecule has 0 amide bonds. The Kier molecular flexibility index (Phi) is 23.8. The van der Waals surface area contributed by atoms with Gasteiger partial charge in [0.05, 0.1) is 0 Å². The lowest BCUT2D eigenvalue weighted by atomic mass is 10.3. The first-order chi connectivity index (χ1) is 16.9. The van der Waals surface area contributed by atoms with E-state index in [0.717, 1.165) is 105 Å². The molecule has 3 N–H and O–H groups in total. The number of likely N-dealkylation sites (N-methyl/N-ethyl adjacent to an activating group) is 6. The molecule has 0 saturated heterocycles. The smallest absolute Gasteiger partial charge is 0.0110 e. The molecule has 0 aromatic heterocycles. The quantitative estimate of drug-likeness (QED) is 0.144. The van der Waals surface area contributed by atoms with Crippen LogP contribution in [0, 0.1) is 0 Å². The molecule has 0 aliphatic carbocycles. The number of rotatable bonds is 26. The Balaban J connectivity index is 4.43. The fourth-order valence-corrected chi connectivity index (χ4v) is 3.95. The Morgan fingerprint density at radius 2 is 0.714 bits per heavy atom. The predicted octanol–water partition coefficient (Wildman–Crippen LogP) is -0.614. The van der Waals surface area contributed by atoms with Crippen molar-refractivity contribution in [2.45, 2.75) is 13.3 Å². The van der Waals surface area contributed by atoms with Gasteiger partial charge in [-0.05, 0) is 62.3 Å². The van der Waals surface area contributed by atoms with Crippen LogP contribution < -0.4 is 16.0 Å². The zero-order valence-corrected chi connectivity index (χ0v) is 24.9. The molecule has 9 heteroatoms. The van der Waals surface area contributed by atoms with Gasteiger partial charge in [0.1, 0.15) is 0 Å². The number of nitrogens with zero attached hydrogens (tertiary/aromatic N) is 6. The van der Waals surface area contributed by atoms with Gasteiger partial charge in [0.25, 0.3) is 0 Å². The molecule has 0 aliphatic heterocycles. The topological polar surface area (TPSA) is 55.5 Å². The summed E-state index contributed by atoms with van der Waals surface area (Å²) in [5, 5.41) is 9.91. The van der Waals surface area contributed by atoms with Crippen molar-refractivity contribution in [1.29, 1.82) is 0 Å². The van der Waals surface area contributed by atoms with Crippen LogP contribution in [-0.4, -0.2) is 190 Å². The second-order valence-corrected chi connectivity index (χ2v) is 10.2. The minimum atomic E-state index is 1.05. The van der Waals surface area contributed by atoms with Crippen molar-refractivity contribution in [3.05, 3.63) is 0 Å². The lowest BCUT2D eigenvalue weighted by Gasteiger charge is -2.30. The highest BCUT2D eigenvalue weighted by atomic mass is 15.2. The van der Waals surface area contributed by atoms with E-state index < -0.39 is 0 Å². The Hall–Kier alpha value is -0.360. The highest BCUT2D eigenvalue weighted by Gasteiger charge is 2.11. The summed E-state index contributed by atoms with van der Waals surface area (Å²) in [6, 6.07) is 0. The summed E-state index contributed by atoms with van der Waals surface area (Å²) in [5.74, 6) is 0. The minimum absolute atomic E-state index is 1.05. The van der Waals surface area contributed by atoms with Crippen LogP contribution in [0.4, 0.5) is 0 Å². The van der Waals surface area contributed by atoms with Gasteiger partial charge in [-0.3, -0.25) is 9.80 Å². The van der Waals surface area contributed by atoms with E-state index in [4.69, 9.17) is 0 Å². The maximum absolute atomic E-state index is 3.33. The molecule has 0 heterocycles. The summed E-state index contributed by atoms with van der Waals surface area (Å²) in [7, 11) is 15.0. The molecule has 9 nitrogen and oxygen atoms in total. The number of nitrogens with one attached hydrogen (secondary N) is 3. The fourth-order valence-electron chi connectivity index (χ4n) is 3.95. The Bertz CT molecular complexity index is 439. The van der Waals surface area contributed by atoms with Crippen LogP contribution in [0.15, 0.2) is 0 Å². The summed E-state index contributed by atoms with van der Waals surface area (Å²) < 4.78 is 0. The summed E-state index contributed by atoms with van der Waals surface area (Å²) in [6.07, 6.45) is 1.22. The molecule has 0 atom stereocenters. The standard InChI is InChI=1S/C26H63N9/c1-9-13-33(14-10-27-2)23-18-31(7)20-25-35(16-12-29-4)26-21-32(8)19-24-34(15-11-28-3)22-17-30(5)6/h27-29H,9-26H2,1-8H3. The molecule has 0 aromatic rings. The van der Waals surface area contributed by atoms with Crippen molar-refractivity contribution in [1.82, 2.24) is 45.3 Å². The van der Waals surface area contributed by atoms with Gasteiger partial charge >= 0.3 is 0 Å². The van der Waals surface area contributed by atoms with Crippen LogP contribution in [0.5, 0.6) is 0 Å². The molecule has 0 aliphatic rings. The van der Waals surface area contributed by atoms with Gasteiger partial charge in [-0.2, -0.15) is 0 Å². The first-order valence-corrected chi connectivity index (χ1v) is 14.0. The molecular weight excluding hydrogens is 438 g/mol. The van der Waals surface area contributed by atoms with Gasteiger partial charge in [0, 0.05) is 105 Å². The Morgan fingerprint density at radius 1 is 0.400 bits per heavy atom. The SMILES string of the molecule is CCCN(CCNC)CCN(C)CCN(CCNC)CCN(C)CCN(CCNC)CCN(C)C. The third kappa shape index (κ3) is 21.4. The van der Waals surface area contributed by atoms with E-state index in [9.17, 15) is 0 Å². The molecule has 0 aromatic carbocycles. The van der Waals surface area contributed by atoms with E-state index >= 15 is 0 Å². The zero-order chi connectivity index (χ0) is 26.3. The van der Waals surface area contributed by atoms with Crippen molar-refractivity contribution >= 4 is 0 Å². The highest BCUT2D eigenvalue weighted by molar-refractivity contribution is 4.69. The predicted molar refractivity (Wildman–Crippen MR) is 155 cm³/mol. The molecule has 35 heavy (non-hydrogen) atoms. The summed E-state index contributed by atoms with van der Waals surface area (Å²) in [6.45, 7) is 21.3. The highest BCUT2D eigenvalue weighted by Crippen LogP contribution is 1.97. The van der Waals surface area contributed by atoms with Gasteiger partial charge in [-0.25, -0.2) is 0 Å². The van der Waals surface area contributed by atoms with Gasteiger partial charge in [-0.1, -0.05) is 6.92 Å². The van der Waals surface area contributed by atoms with Crippen molar-refractivity contribution in [2.75, 3.05) is 161 Å². The van der Waals surface area contributed by atoms with Crippen molar-refractivity contribution < 1.29 is 0 Å². The molecule has 0 bridgehead atoms. The van der Waals surface area contributed by atoms with E-state index in [1.165, 1.54) is 13.0 Å². The van der Waals surface area contributed by atoms with Crippen LogP contribution in [-0.2, 0) is 0 Å². The summed E-state index contributed by atoms with van der Waals surface area (Å²) in [4.78, 5) is 15.1. The maximum Gasteiger partial charge on any atom is 0.0110 e. The van der Waals surface area contributed by atoms with Gasteiger partial charge < -0.3 is 35.6 Å². The van der Waals surface area contributed by atoms with E-state index in [2.05, 4.69) is 87.5 Å². The minimum Gasteiger partial charge on any atom is -0.318 e. The zero-order valence-electron chi connectivity index (χ0n) is 24.9. The molecule has 0 rings (SSSR count). The Labute approximate surface area is 219 Å². The Morgan fingerprint density at radius 3 is 1.00 bits per heavy atom. The van der Waals surface area contributed by atoms with Crippen molar-refractivity contribution in [3.63, 3.8) is 0 Å². The molecule has 0 unspecified atom stereocenters. The molecule has 0 fully saturated rings. The average Bonchev–Trinajstić information content (AvgIpc) is 2.84. The maximum atomic E-state index is 3.33. The van der Waals surface area contributed by atoms with Gasteiger partial charge in [0.2, 0.25) is 0 Å². The fraction of sp³-hybridized carbons (Fsp3) is 1.00. The van der Waals surface area contributed by atoms with E-state index in [1.54, 1.807) is 0 Å². The third-order valence-corrected chi connectivity index (χ3v) is 6.63. The van der Waals surface area contributed by atoms with Gasteiger partial charge in [-0.15, -0.1) is 0 Å². The van der Waals surface area contributed by atoms with Crippen LogP contribution in [0.3, 0.4) is 0 Å². The first kappa shape index (κ1) is 34.6. The lowest BCUT2D eigenvalue weighted by molar-refractivity contribution is 0.172.